The van der Waals surface area contributed by atoms with Crippen LogP contribution in [0, 0.1) is 27.4 Å². The summed E-state index contributed by atoms with van der Waals surface area (Å²) in [5.74, 6) is 0.550. The Labute approximate surface area is 117 Å². The van der Waals surface area contributed by atoms with Gasteiger partial charge in [-0.05, 0) is 37.4 Å². The maximum absolute atomic E-state index is 11.2. The fraction of sp³-hybridized carbons (Fsp3) is 0.500. The van der Waals surface area contributed by atoms with Gasteiger partial charge < -0.3 is 10.2 Å². The van der Waals surface area contributed by atoms with E-state index in [1.54, 1.807) is 6.07 Å². The summed E-state index contributed by atoms with van der Waals surface area (Å²) in [7, 11) is 0. The molecule has 0 spiro atoms. The third-order valence-corrected chi connectivity index (χ3v) is 4.24. The van der Waals surface area contributed by atoms with Gasteiger partial charge in [-0.3, -0.25) is 10.1 Å². The normalized spacial score (nSPS) is 25.1. The Bertz CT molecular complexity index is 567. The third kappa shape index (κ3) is 2.21. The highest BCUT2D eigenvalue weighted by atomic mass is 16.6. The van der Waals surface area contributed by atoms with Gasteiger partial charge in [-0.25, -0.2) is 0 Å². The fourth-order valence-corrected chi connectivity index (χ4v) is 3.24. The van der Waals surface area contributed by atoms with Gasteiger partial charge in [0, 0.05) is 25.2 Å². The molecule has 0 amide bonds. The average Bonchev–Trinajstić information content (AvgIpc) is 2.90. The molecular weight excluding hydrogens is 256 g/mol. The van der Waals surface area contributed by atoms with E-state index < -0.39 is 0 Å². The molecule has 2 fully saturated rings. The minimum absolute atomic E-state index is 0.0858. The van der Waals surface area contributed by atoms with E-state index in [9.17, 15) is 10.1 Å². The molecule has 0 saturated carbocycles. The lowest BCUT2D eigenvalue weighted by Crippen LogP contribution is -2.40. The first-order valence-electron chi connectivity index (χ1n) is 6.86. The predicted octanol–water partition coefficient (Wildman–Crippen LogP) is 1.65. The van der Waals surface area contributed by atoms with Crippen LogP contribution >= 0.6 is 0 Å². The topological polar surface area (TPSA) is 82.2 Å². The molecule has 6 heteroatoms. The second-order valence-corrected chi connectivity index (χ2v) is 5.44. The molecule has 20 heavy (non-hydrogen) atoms. The molecule has 3 rings (SSSR count). The Hall–Kier alpha value is -2.13. The van der Waals surface area contributed by atoms with E-state index in [1.807, 2.05) is 4.90 Å². The molecule has 0 aromatic heterocycles. The number of anilines is 1. The number of hydrogen-bond donors (Lipinski definition) is 1. The number of nitrogens with zero attached hydrogens (tertiary/aromatic N) is 3. The van der Waals surface area contributed by atoms with Crippen LogP contribution in [0.4, 0.5) is 11.4 Å². The maximum atomic E-state index is 11.2. The zero-order valence-corrected chi connectivity index (χ0v) is 11.1. The number of rotatable bonds is 2. The van der Waals surface area contributed by atoms with Crippen molar-refractivity contribution in [2.45, 2.75) is 18.9 Å². The molecule has 2 aliphatic heterocycles. The number of hydrogen-bond acceptors (Lipinski definition) is 5. The molecule has 0 aliphatic carbocycles. The van der Waals surface area contributed by atoms with Crippen molar-refractivity contribution in [1.82, 2.24) is 5.32 Å². The van der Waals surface area contributed by atoms with Crippen LogP contribution in [-0.4, -0.2) is 30.6 Å². The molecule has 104 valence electrons. The molecule has 2 aliphatic rings. The second-order valence-electron chi connectivity index (χ2n) is 5.44. The maximum Gasteiger partial charge on any atom is 0.292 e. The molecule has 2 saturated heterocycles. The van der Waals surface area contributed by atoms with Gasteiger partial charge in [0.25, 0.3) is 5.69 Å². The Morgan fingerprint density at radius 1 is 1.45 bits per heavy atom. The lowest BCUT2D eigenvalue weighted by molar-refractivity contribution is -0.384. The third-order valence-electron chi connectivity index (χ3n) is 4.24. The Morgan fingerprint density at radius 2 is 2.30 bits per heavy atom. The van der Waals surface area contributed by atoms with Gasteiger partial charge >= 0.3 is 0 Å². The van der Waals surface area contributed by atoms with Gasteiger partial charge in [-0.15, -0.1) is 0 Å². The molecule has 0 radical (unpaired) electrons. The molecule has 1 aromatic rings. The van der Waals surface area contributed by atoms with Gasteiger partial charge in [0.05, 0.1) is 16.6 Å². The van der Waals surface area contributed by atoms with E-state index in [4.69, 9.17) is 5.26 Å². The van der Waals surface area contributed by atoms with Crippen LogP contribution in [0.25, 0.3) is 0 Å². The first kappa shape index (κ1) is 12.9. The van der Waals surface area contributed by atoms with E-state index in [2.05, 4.69) is 11.4 Å². The summed E-state index contributed by atoms with van der Waals surface area (Å²) in [4.78, 5) is 12.9. The number of nitro benzene ring substituents is 1. The Balaban J connectivity index is 1.93. The van der Waals surface area contributed by atoms with Gasteiger partial charge in [0.15, 0.2) is 0 Å². The second kappa shape index (κ2) is 5.10. The Kier molecular flexibility index (Phi) is 3.28. The molecule has 1 N–H and O–H groups in total. The quantitative estimate of drug-likeness (QED) is 0.654. The number of piperidine rings is 1. The van der Waals surface area contributed by atoms with Crippen molar-refractivity contribution in [2.75, 3.05) is 24.5 Å². The van der Waals surface area contributed by atoms with E-state index in [0.717, 1.165) is 26.1 Å². The number of fused-ring (bicyclic) bond motifs is 1. The zero-order chi connectivity index (χ0) is 14.1. The van der Waals surface area contributed by atoms with Crippen LogP contribution < -0.4 is 10.2 Å². The zero-order valence-electron chi connectivity index (χ0n) is 11.1. The number of nitriles is 1. The van der Waals surface area contributed by atoms with Gasteiger partial charge in [0.1, 0.15) is 5.69 Å². The van der Waals surface area contributed by atoms with Crippen LogP contribution in [0.1, 0.15) is 18.4 Å². The molecule has 0 bridgehead atoms. The summed E-state index contributed by atoms with van der Waals surface area (Å²) < 4.78 is 0. The van der Waals surface area contributed by atoms with Crippen molar-refractivity contribution < 1.29 is 4.92 Å². The SMILES string of the molecule is N#Cc1ccc([N+](=O)[O-])c(N2C[C@@H]3CCCN[C@@H]3C2)c1. The fourth-order valence-electron chi connectivity index (χ4n) is 3.24. The van der Waals surface area contributed by atoms with Crippen LogP contribution in [0.3, 0.4) is 0 Å². The summed E-state index contributed by atoms with van der Waals surface area (Å²) in [6, 6.07) is 7.04. The smallest absolute Gasteiger partial charge is 0.292 e. The minimum atomic E-state index is -0.369. The monoisotopic (exact) mass is 272 g/mol. The molecule has 0 unspecified atom stereocenters. The summed E-state index contributed by atoms with van der Waals surface area (Å²) in [5, 5.41) is 23.6. The number of nitrogens with one attached hydrogen (secondary N) is 1. The van der Waals surface area contributed by atoms with Crippen LogP contribution in [0.2, 0.25) is 0 Å². The van der Waals surface area contributed by atoms with Crippen molar-refractivity contribution in [3.05, 3.63) is 33.9 Å². The molecule has 1 aromatic carbocycles. The minimum Gasteiger partial charge on any atom is -0.364 e. The summed E-state index contributed by atoms with van der Waals surface area (Å²) in [5.41, 5.74) is 1.13. The number of nitro groups is 1. The highest BCUT2D eigenvalue weighted by Gasteiger charge is 2.36. The molecule has 2 atom stereocenters. The van der Waals surface area contributed by atoms with Crippen molar-refractivity contribution in [2.24, 2.45) is 5.92 Å². The van der Waals surface area contributed by atoms with E-state index in [0.29, 0.717) is 23.2 Å². The first-order valence-corrected chi connectivity index (χ1v) is 6.86. The van der Waals surface area contributed by atoms with E-state index in [-0.39, 0.29) is 10.6 Å². The van der Waals surface area contributed by atoms with Crippen LogP contribution in [0.5, 0.6) is 0 Å². The summed E-state index contributed by atoms with van der Waals surface area (Å²) in [6.07, 6.45) is 2.33. The lowest BCUT2D eigenvalue weighted by atomic mass is 9.94. The first-order chi connectivity index (χ1) is 9.69. The van der Waals surface area contributed by atoms with E-state index in [1.165, 1.54) is 18.6 Å². The largest absolute Gasteiger partial charge is 0.364 e. The Morgan fingerprint density at radius 3 is 3.00 bits per heavy atom. The highest BCUT2D eigenvalue weighted by molar-refractivity contribution is 5.66. The lowest BCUT2D eigenvalue weighted by Gasteiger charge is -2.24. The molecule has 6 nitrogen and oxygen atoms in total. The molecular formula is C14H16N4O2. The van der Waals surface area contributed by atoms with Gasteiger partial charge in [0.2, 0.25) is 0 Å². The van der Waals surface area contributed by atoms with Crippen molar-refractivity contribution in [1.29, 1.82) is 5.26 Å². The van der Waals surface area contributed by atoms with Crippen LogP contribution in [0.15, 0.2) is 18.2 Å². The van der Waals surface area contributed by atoms with Crippen molar-refractivity contribution >= 4 is 11.4 Å². The highest BCUT2D eigenvalue weighted by Crippen LogP contribution is 2.35. The summed E-state index contributed by atoms with van der Waals surface area (Å²) >= 11 is 0. The summed E-state index contributed by atoms with van der Waals surface area (Å²) in [6.45, 7) is 2.63. The van der Waals surface area contributed by atoms with Gasteiger partial charge in [-0.1, -0.05) is 0 Å². The van der Waals surface area contributed by atoms with Crippen LogP contribution in [-0.2, 0) is 0 Å². The van der Waals surface area contributed by atoms with Crippen molar-refractivity contribution in [3.63, 3.8) is 0 Å². The van der Waals surface area contributed by atoms with Crippen molar-refractivity contribution in [3.8, 4) is 6.07 Å². The predicted molar refractivity (Wildman–Crippen MR) is 74.5 cm³/mol. The average molecular weight is 272 g/mol. The molecule has 2 heterocycles. The number of benzene rings is 1. The van der Waals surface area contributed by atoms with Gasteiger partial charge in [-0.2, -0.15) is 5.26 Å². The standard InChI is InChI=1S/C14H16N4O2/c15-7-10-3-4-13(18(19)20)14(6-10)17-8-11-2-1-5-16-12(11)9-17/h3-4,6,11-12,16H,1-2,5,8-9H2/t11-,12+/m0/s1. The van der Waals surface area contributed by atoms with E-state index >= 15 is 0 Å².